The second kappa shape index (κ2) is 6.88. The summed E-state index contributed by atoms with van der Waals surface area (Å²) < 4.78 is 28.7. The highest BCUT2D eigenvalue weighted by atomic mass is 32.2. The molecule has 0 aliphatic heterocycles. The summed E-state index contributed by atoms with van der Waals surface area (Å²) >= 11 is 0. The Morgan fingerprint density at radius 3 is 2.32 bits per heavy atom. The standard InChI is InChI=1S/C19H23NO4S/c1-19(2,3)14-9-10-17(24-4)16(12-14)20-18(21)13-7-6-8-15(11-13)25(5,22)23/h6-12H,1-5H3,(H,20,21). The highest BCUT2D eigenvalue weighted by Gasteiger charge is 2.18. The summed E-state index contributed by atoms with van der Waals surface area (Å²) in [6.45, 7) is 6.24. The second-order valence-electron chi connectivity index (χ2n) is 6.92. The molecule has 2 aromatic rings. The number of carbonyl (C=O) groups is 1. The van der Waals surface area contributed by atoms with Gasteiger partial charge in [0.25, 0.3) is 5.91 Å². The summed E-state index contributed by atoms with van der Waals surface area (Å²) in [4.78, 5) is 12.7. The minimum absolute atomic E-state index is 0.0814. The summed E-state index contributed by atoms with van der Waals surface area (Å²) in [5.41, 5.74) is 1.78. The third kappa shape index (κ3) is 4.60. The Morgan fingerprint density at radius 2 is 1.76 bits per heavy atom. The molecule has 6 heteroatoms. The molecule has 5 nitrogen and oxygen atoms in total. The van der Waals surface area contributed by atoms with Crippen LogP contribution in [0, 0.1) is 0 Å². The molecule has 0 aliphatic carbocycles. The number of nitrogens with one attached hydrogen (secondary N) is 1. The first-order chi connectivity index (χ1) is 11.5. The predicted octanol–water partition coefficient (Wildman–Crippen LogP) is 3.65. The van der Waals surface area contributed by atoms with Crippen LogP contribution in [0.4, 0.5) is 5.69 Å². The third-order valence-corrected chi connectivity index (χ3v) is 4.95. The fourth-order valence-corrected chi connectivity index (χ4v) is 3.00. The number of anilines is 1. The Morgan fingerprint density at radius 1 is 1.08 bits per heavy atom. The molecule has 0 aliphatic rings. The van der Waals surface area contributed by atoms with Crippen molar-refractivity contribution in [1.29, 1.82) is 0 Å². The normalized spacial score (nSPS) is 11.9. The van der Waals surface area contributed by atoms with Crippen LogP contribution in [0.25, 0.3) is 0 Å². The van der Waals surface area contributed by atoms with E-state index >= 15 is 0 Å². The molecule has 2 aromatic carbocycles. The summed E-state index contributed by atoms with van der Waals surface area (Å²) in [6, 6.07) is 11.6. The van der Waals surface area contributed by atoms with Gasteiger partial charge in [-0.25, -0.2) is 8.42 Å². The number of methoxy groups -OCH3 is 1. The van der Waals surface area contributed by atoms with E-state index in [1.807, 2.05) is 18.2 Å². The molecule has 25 heavy (non-hydrogen) atoms. The highest BCUT2D eigenvalue weighted by Crippen LogP contribution is 2.31. The Kier molecular flexibility index (Phi) is 5.23. The molecular weight excluding hydrogens is 338 g/mol. The van der Waals surface area contributed by atoms with Gasteiger partial charge in [-0.3, -0.25) is 4.79 Å². The van der Waals surface area contributed by atoms with Gasteiger partial charge in [0.15, 0.2) is 9.84 Å². The molecule has 1 N–H and O–H groups in total. The molecule has 0 spiro atoms. The van der Waals surface area contributed by atoms with E-state index in [2.05, 4.69) is 26.1 Å². The molecule has 0 atom stereocenters. The first-order valence-electron chi connectivity index (χ1n) is 7.82. The lowest BCUT2D eigenvalue weighted by Crippen LogP contribution is -2.16. The summed E-state index contributed by atoms with van der Waals surface area (Å²) in [6.07, 6.45) is 1.11. The van der Waals surface area contributed by atoms with Crippen molar-refractivity contribution >= 4 is 21.4 Å². The molecule has 0 saturated carbocycles. The van der Waals surface area contributed by atoms with Crippen LogP contribution in [0.5, 0.6) is 5.75 Å². The van der Waals surface area contributed by atoms with Gasteiger partial charge in [0.2, 0.25) is 0 Å². The van der Waals surface area contributed by atoms with Crippen LogP contribution >= 0.6 is 0 Å². The lowest BCUT2D eigenvalue weighted by Gasteiger charge is -2.21. The minimum atomic E-state index is -3.38. The van der Waals surface area contributed by atoms with Gasteiger partial charge in [-0.1, -0.05) is 32.9 Å². The maximum absolute atomic E-state index is 12.6. The number of amides is 1. The van der Waals surface area contributed by atoms with Crippen molar-refractivity contribution in [2.75, 3.05) is 18.7 Å². The van der Waals surface area contributed by atoms with Gasteiger partial charge in [0.05, 0.1) is 17.7 Å². The van der Waals surface area contributed by atoms with Gasteiger partial charge in [-0.15, -0.1) is 0 Å². The maximum Gasteiger partial charge on any atom is 0.255 e. The Labute approximate surface area is 148 Å². The molecule has 0 unspecified atom stereocenters. The lowest BCUT2D eigenvalue weighted by molar-refractivity contribution is 0.102. The highest BCUT2D eigenvalue weighted by molar-refractivity contribution is 7.90. The SMILES string of the molecule is COc1ccc(C(C)(C)C)cc1NC(=O)c1cccc(S(C)(=O)=O)c1. The third-order valence-electron chi connectivity index (χ3n) is 3.84. The van der Waals surface area contributed by atoms with E-state index in [1.165, 1.54) is 19.2 Å². The Hall–Kier alpha value is -2.34. The molecule has 1 amide bonds. The quantitative estimate of drug-likeness (QED) is 0.902. The smallest absolute Gasteiger partial charge is 0.255 e. The van der Waals surface area contributed by atoms with E-state index in [1.54, 1.807) is 12.1 Å². The van der Waals surface area contributed by atoms with Crippen molar-refractivity contribution in [3.63, 3.8) is 0 Å². The van der Waals surface area contributed by atoms with E-state index in [0.29, 0.717) is 11.4 Å². The molecule has 134 valence electrons. The average molecular weight is 361 g/mol. The maximum atomic E-state index is 12.6. The number of benzene rings is 2. The number of hydrogen-bond acceptors (Lipinski definition) is 4. The van der Waals surface area contributed by atoms with Gasteiger partial charge < -0.3 is 10.1 Å². The Bertz CT molecular complexity index is 896. The molecule has 0 radical (unpaired) electrons. The molecule has 0 heterocycles. The summed E-state index contributed by atoms with van der Waals surface area (Å²) in [5.74, 6) is 0.149. The zero-order valence-electron chi connectivity index (χ0n) is 15.1. The van der Waals surface area contributed by atoms with Gasteiger partial charge >= 0.3 is 0 Å². The first kappa shape index (κ1) is 19.0. The summed E-state index contributed by atoms with van der Waals surface area (Å²) in [7, 11) is -1.84. The van der Waals surface area contributed by atoms with Crippen molar-refractivity contribution in [3.05, 3.63) is 53.6 Å². The van der Waals surface area contributed by atoms with E-state index in [9.17, 15) is 13.2 Å². The number of hydrogen-bond donors (Lipinski definition) is 1. The van der Waals surface area contributed by atoms with Crippen LogP contribution in [0.15, 0.2) is 47.4 Å². The van der Waals surface area contributed by atoms with Crippen molar-refractivity contribution in [2.24, 2.45) is 0 Å². The van der Waals surface area contributed by atoms with Crippen LogP contribution in [-0.2, 0) is 15.3 Å². The molecule has 2 rings (SSSR count). The first-order valence-corrected chi connectivity index (χ1v) is 9.71. The minimum Gasteiger partial charge on any atom is -0.495 e. The molecule has 0 aromatic heterocycles. The fraction of sp³-hybridized carbons (Fsp3) is 0.316. The topological polar surface area (TPSA) is 72.5 Å². The monoisotopic (exact) mass is 361 g/mol. The van der Waals surface area contributed by atoms with Crippen LogP contribution < -0.4 is 10.1 Å². The molecular formula is C19H23NO4S. The van der Waals surface area contributed by atoms with Crippen LogP contribution in [0.2, 0.25) is 0 Å². The van der Waals surface area contributed by atoms with Gasteiger partial charge in [0, 0.05) is 11.8 Å². The number of carbonyl (C=O) groups excluding carboxylic acids is 1. The Balaban J connectivity index is 2.38. The number of sulfone groups is 1. The van der Waals surface area contributed by atoms with Crippen molar-refractivity contribution in [1.82, 2.24) is 0 Å². The molecule has 0 bridgehead atoms. The van der Waals surface area contributed by atoms with Crippen molar-refractivity contribution in [3.8, 4) is 5.75 Å². The van der Waals surface area contributed by atoms with Crippen molar-refractivity contribution < 1.29 is 17.9 Å². The van der Waals surface area contributed by atoms with Crippen LogP contribution in [0.3, 0.4) is 0 Å². The van der Waals surface area contributed by atoms with E-state index in [-0.39, 0.29) is 15.9 Å². The van der Waals surface area contributed by atoms with E-state index in [0.717, 1.165) is 11.8 Å². The van der Waals surface area contributed by atoms with Gasteiger partial charge in [-0.05, 0) is 41.3 Å². The van der Waals surface area contributed by atoms with Gasteiger partial charge in [-0.2, -0.15) is 0 Å². The zero-order valence-corrected chi connectivity index (χ0v) is 15.9. The molecule has 0 saturated heterocycles. The van der Waals surface area contributed by atoms with Gasteiger partial charge in [0.1, 0.15) is 5.75 Å². The fourth-order valence-electron chi connectivity index (χ4n) is 2.33. The predicted molar refractivity (Wildman–Crippen MR) is 99.2 cm³/mol. The van der Waals surface area contributed by atoms with Crippen molar-refractivity contribution in [2.45, 2.75) is 31.1 Å². The van der Waals surface area contributed by atoms with E-state index in [4.69, 9.17) is 4.74 Å². The average Bonchev–Trinajstić information content (AvgIpc) is 2.53. The zero-order chi connectivity index (χ0) is 18.8. The lowest BCUT2D eigenvalue weighted by atomic mass is 9.87. The van der Waals surface area contributed by atoms with Crippen LogP contribution in [-0.4, -0.2) is 27.7 Å². The largest absolute Gasteiger partial charge is 0.495 e. The van der Waals surface area contributed by atoms with Crippen LogP contribution in [0.1, 0.15) is 36.7 Å². The number of rotatable bonds is 4. The molecule has 0 fully saturated rings. The summed E-state index contributed by atoms with van der Waals surface area (Å²) in [5, 5.41) is 2.81. The van der Waals surface area contributed by atoms with E-state index < -0.39 is 15.7 Å². The number of ether oxygens (including phenoxy) is 1. The second-order valence-corrected chi connectivity index (χ2v) is 8.93.